The number of hydrogen-bond donors (Lipinski definition) is 1. The van der Waals surface area contributed by atoms with Crippen LogP contribution in [0.4, 0.5) is 5.69 Å². The molecular formula is C13H7BrClNO5. The van der Waals surface area contributed by atoms with E-state index < -0.39 is 10.9 Å². The fraction of sp³-hybridized carbons (Fsp3) is 0. The van der Waals surface area contributed by atoms with E-state index in [9.17, 15) is 14.9 Å². The van der Waals surface area contributed by atoms with E-state index in [0.717, 1.165) is 6.07 Å². The summed E-state index contributed by atoms with van der Waals surface area (Å²) >= 11 is 9.12. The molecule has 0 radical (unpaired) electrons. The summed E-state index contributed by atoms with van der Waals surface area (Å²) in [4.78, 5) is 21.2. The molecule has 0 bridgehead atoms. The topological polar surface area (TPSA) is 89.7 Å². The van der Waals surface area contributed by atoms with Crippen LogP contribution in [0, 0.1) is 10.1 Å². The summed E-state index contributed by atoms with van der Waals surface area (Å²) < 4.78 is 6.08. The van der Waals surface area contributed by atoms with Crippen LogP contribution in [-0.2, 0) is 0 Å². The van der Waals surface area contributed by atoms with Crippen molar-refractivity contribution in [1.29, 1.82) is 0 Å². The van der Waals surface area contributed by atoms with Gasteiger partial charge in [-0.2, -0.15) is 0 Å². The zero-order chi connectivity index (χ0) is 15.6. The molecule has 0 amide bonds. The van der Waals surface area contributed by atoms with E-state index in [4.69, 9.17) is 21.4 Å². The van der Waals surface area contributed by atoms with Crippen molar-refractivity contribution < 1.29 is 19.6 Å². The minimum absolute atomic E-state index is 0.0144. The summed E-state index contributed by atoms with van der Waals surface area (Å²) in [5, 5.41) is 19.8. The highest BCUT2D eigenvalue weighted by atomic mass is 79.9. The Kier molecular flexibility index (Phi) is 4.44. The largest absolute Gasteiger partial charge is 0.478 e. The summed E-state index contributed by atoms with van der Waals surface area (Å²) in [7, 11) is 0. The summed E-state index contributed by atoms with van der Waals surface area (Å²) in [6.45, 7) is 0. The van der Waals surface area contributed by atoms with Gasteiger partial charge < -0.3 is 9.84 Å². The van der Waals surface area contributed by atoms with Gasteiger partial charge in [0.2, 0.25) is 0 Å². The van der Waals surface area contributed by atoms with Crippen molar-refractivity contribution >= 4 is 39.2 Å². The summed E-state index contributed by atoms with van der Waals surface area (Å²) in [5.74, 6) is -0.953. The Morgan fingerprint density at radius 3 is 2.52 bits per heavy atom. The van der Waals surface area contributed by atoms with Gasteiger partial charge in [-0.3, -0.25) is 10.1 Å². The van der Waals surface area contributed by atoms with Gasteiger partial charge >= 0.3 is 5.97 Å². The van der Waals surface area contributed by atoms with Gasteiger partial charge in [-0.05, 0) is 24.3 Å². The maximum Gasteiger partial charge on any atom is 0.339 e. The molecule has 1 N–H and O–H groups in total. The summed E-state index contributed by atoms with van der Waals surface area (Å²) in [6.07, 6.45) is 0. The van der Waals surface area contributed by atoms with Gasteiger partial charge in [0.05, 0.1) is 9.95 Å². The number of nitrogens with zero attached hydrogens (tertiary/aromatic N) is 1. The van der Waals surface area contributed by atoms with Crippen LogP contribution in [0.25, 0.3) is 0 Å². The number of non-ortho nitro benzene ring substituents is 1. The van der Waals surface area contributed by atoms with Gasteiger partial charge in [-0.15, -0.1) is 0 Å². The van der Waals surface area contributed by atoms with Crippen molar-refractivity contribution in [2.45, 2.75) is 0 Å². The molecule has 0 saturated heterocycles. The van der Waals surface area contributed by atoms with Crippen molar-refractivity contribution in [3.05, 3.63) is 61.6 Å². The van der Waals surface area contributed by atoms with E-state index in [1.165, 1.54) is 24.3 Å². The third kappa shape index (κ3) is 3.50. The SMILES string of the molecule is O=C(O)c1ccc(Br)cc1Oc1ccc([N+](=O)[O-])cc1Cl. The molecule has 2 aromatic rings. The number of hydrogen-bond acceptors (Lipinski definition) is 4. The molecule has 0 spiro atoms. The number of benzene rings is 2. The molecule has 0 unspecified atom stereocenters. The Bertz CT molecular complexity index is 734. The highest BCUT2D eigenvalue weighted by Gasteiger charge is 2.15. The van der Waals surface area contributed by atoms with Crippen LogP contribution >= 0.6 is 27.5 Å². The monoisotopic (exact) mass is 371 g/mol. The Balaban J connectivity index is 2.40. The maximum atomic E-state index is 11.1. The third-order valence-corrected chi connectivity index (χ3v) is 3.31. The quantitative estimate of drug-likeness (QED) is 0.630. The highest BCUT2D eigenvalue weighted by Crippen LogP contribution is 2.34. The molecule has 0 fully saturated rings. The lowest BCUT2D eigenvalue weighted by Gasteiger charge is -2.10. The number of carboxylic acids is 1. The van der Waals surface area contributed by atoms with Crippen LogP contribution in [0.3, 0.4) is 0 Å². The Morgan fingerprint density at radius 2 is 1.95 bits per heavy atom. The van der Waals surface area contributed by atoms with Crippen molar-refractivity contribution in [3.63, 3.8) is 0 Å². The number of rotatable bonds is 4. The number of nitro benzene ring substituents is 1. The minimum atomic E-state index is -1.16. The van der Waals surface area contributed by atoms with Crippen LogP contribution in [0.5, 0.6) is 11.5 Å². The van der Waals surface area contributed by atoms with Gasteiger partial charge in [-0.1, -0.05) is 27.5 Å². The summed E-state index contributed by atoms with van der Waals surface area (Å²) in [6, 6.07) is 8.08. The zero-order valence-corrected chi connectivity index (χ0v) is 12.6. The predicted octanol–water partition coefficient (Wildman–Crippen LogP) is 4.50. The van der Waals surface area contributed by atoms with E-state index in [1.54, 1.807) is 6.07 Å². The zero-order valence-electron chi connectivity index (χ0n) is 10.2. The lowest BCUT2D eigenvalue weighted by molar-refractivity contribution is -0.384. The smallest absolute Gasteiger partial charge is 0.339 e. The lowest BCUT2D eigenvalue weighted by Crippen LogP contribution is -2.00. The van der Waals surface area contributed by atoms with E-state index in [0.29, 0.717) is 4.47 Å². The van der Waals surface area contributed by atoms with E-state index >= 15 is 0 Å². The van der Waals surface area contributed by atoms with E-state index in [1.807, 2.05) is 0 Å². The van der Waals surface area contributed by atoms with Gasteiger partial charge in [-0.25, -0.2) is 4.79 Å². The number of halogens is 2. The normalized spacial score (nSPS) is 10.2. The molecule has 0 aliphatic rings. The molecule has 0 heterocycles. The first-order valence-electron chi connectivity index (χ1n) is 5.53. The second-order valence-electron chi connectivity index (χ2n) is 3.92. The molecule has 8 heteroatoms. The molecule has 21 heavy (non-hydrogen) atoms. The van der Waals surface area contributed by atoms with Crippen molar-refractivity contribution in [1.82, 2.24) is 0 Å². The van der Waals surface area contributed by atoms with Crippen molar-refractivity contribution in [2.75, 3.05) is 0 Å². The summed E-state index contributed by atoms with van der Waals surface area (Å²) in [5.41, 5.74) is -0.229. The van der Waals surface area contributed by atoms with Crippen molar-refractivity contribution in [3.8, 4) is 11.5 Å². The molecule has 108 valence electrons. The molecule has 2 aromatic carbocycles. The molecule has 0 saturated carbocycles. The number of aromatic carboxylic acids is 1. The maximum absolute atomic E-state index is 11.1. The standard InChI is InChI=1S/C13H7BrClNO5/c14-7-1-3-9(13(17)18)12(5-7)21-11-4-2-8(16(19)20)6-10(11)15/h1-6H,(H,17,18). The fourth-order valence-corrected chi connectivity index (χ4v) is 2.12. The first kappa shape index (κ1) is 15.3. The van der Waals surface area contributed by atoms with Crippen molar-refractivity contribution in [2.24, 2.45) is 0 Å². The first-order valence-corrected chi connectivity index (χ1v) is 6.70. The average Bonchev–Trinajstić information content (AvgIpc) is 2.40. The van der Waals surface area contributed by atoms with Gasteiger partial charge in [0.25, 0.3) is 5.69 Å². The van der Waals surface area contributed by atoms with Gasteiger partial charge in [0.15, 0.2) is 0 Å². The second-order valence-corrected chi connectivity index (χ2v) is 5.24. The molecule has 2 rings (SSSR count). The lowest BCUT2D eigenvalue weighted by atomic mass is 10.2. The Morgan fingerprint density at radius 1 is 1.24 bits per heavy atom. The Labute approximate surface area is 132 Å². The van der Waals surface area contributed by atoms with Crippen LogP contribution in [0.2, 0.25) is 5.02 Å². The van der Waals surface area contributed by atoms with Crippen LogP contribution in [0.15, 0.2) is 40.9 Å². The predicted molar refractivity (Wildman–Crippen MR) is 79.3 cm³/mol. The third-order valence-electron chi connectivity index (χ3n) is 2.52. The number of carbonyl (C=O) groups is 1. The van der Waals surface area contributed by atoms with E-state index in [2.05, 4.69) is 15.9 Å². The molecular weight excluding hydrogens is 366 g/mol. The number of ether oxygens (including phenoxy) is 1. The molecule has 6 nitrogen and oxygen atoms in total. The Hall–Kier alpha value is -2.12. The molecule has 0 atom stereocenters. The minimum Gasteiger partial charge on any atom is -0.478 e. The molecule has 0 aromatic heterocycles. The average molecular weight is 373 g/mol. The highest BCUT2D eigenvalue weighted by molar-refractivity contribution is 9.10. The van der Waals surface area contributed by atoms with Gasteiger partial charge in [0, 0.05) is 16.6 Å². The number of carboxylic acid groups (broad SMARTS) is 1. The number of nitro groups is 1. The molecule has 0 aliphatic heterocycles. The first-order chi connectivity index (χ1) is 9.88. The van der Waals surface area contributed by atoms with E-state index in [-0.39, 0.29) is 27.8 Å². The fourth-order valence-electron chi connectivity index (χ4n) is 1.56. The molecule has 0 aliphatic carbocycles. The van der Waals surface area contributed by atoms with Crippen LogP contribution in [0.1, 0.15) is 10.4 Å². The van der Waals surface area contributed by atoms with Gasteiger partial charge in [0.1, 0.15) is 17.1 Å². The van der Waals surface area contributed by atoms with Crippen LogP contribution < -0.4 is 4.74 Å². The second kappa shape index (κ2) is 6.11. The van der Waals surface area contributed by atoms with Crippen LogP contribution in [-0.4, -0.2) is 16.0 Å².